The van der Waals surface area contributed by atoms with Crippen LogP contribution in [0.4, 0.5) is 5.69 Å². The second-order valence-corrected chi connectivity index (χ2v) is 6.45. The van der Waals surface area contributed by atoms with Crippen LogP contribution in [0.2, 0.25) is 0 Å². The third kappa shape index (κ3) is 5.51. The van der Waals surface area contributed by atoms with Gasteiger partial charge in [-0.25, -0.2) is 4.99 Å². The summed E-state index contributed by atoms with van der Waals surface area (Å²) < 4.78 is 13.0. The number of ether oxygens (including phenoxy) is 2. The molecule has 0 bridgehead atoms. The van der Waals surface area contributed by atoms with Crippen molar-refractivity contribution in [2.45, 2.75) is 20.4 Å². The second kappa shape index (κ2) is 9.64. The molecule has 1 heterocycles. The van der Waals surface area contributed by atoms with Crippen LogP contribution in [0.3, 0.4) is 0 Å². The lowest BCUT2D eigenvalue weighted by molar-refractivity contribution is 0.332. The lowest BCUT2D eigenvalue weighted by atomic mass is 10.1. The average molecular weight is 393 g/mol. The van der Waals surface area contributed by atoms with Crippen LogP contribution < -0.4 is 20.5 Å². The normalized spacial score (nSPS) is 11.3. The zero-order valence-electron chi connectivity index (χ0n) is 17.1. The minimum atomic E-state index is 0.311. The van der Waals surface area contributed by atoms with Crippen LogP contribution in [0, 0.1) is 0 Å². The van der Waals surface area contributed by atoms with Crippen LogP contribution in [0.5, 0.6) is 11.5 Å². The molecule has 2 aromatic carbocycles. The lowest BCUT2D eigenvalue weighted by Gasteiger charge is -2.14. The van der Waals surface area contributed by atoms with E-state index in [1.165, 1.54) is 0 Å². The standard InChI is InChI=1S/C22H27N5O2/c1-4-28-19-9-10-21(29-5-2)20(12-19)26-22(23)24-13-16-7-6-8-17(11-16)18-14-25-27(3)15-18/h6-12,14-15H,4-5,13H2,1-3H3,(H3,23,24,26). The van der Waals surface area contributed by atoms with Crippen molar-refractivity contribution in [1.82, 2.24) is 9.78 Å². The minimum Gasteiger partial charge on any atom is -0.494 e. The molecular weight excluding hydrogens is 366 g/mol. The van der Waals surface area contributed by atoms with Crippen LogP contribution in [-0.4, -0.2) is 29.0 Å². The van der Waals surface area contributed by atoms with E-state index >= 15 is 0 Å². The van der Waals surface area contributed by atoms with Gasteiger partial charge in [-0.05, 0) is 43.2 Å². The van der Waals surface area contributed by atoms with Crippen LogP contribution in [-0.2, 0) is 13.6 Å². The number of nitrogens with two attached hydrogens (primary N) is 1. The highest BCUT2D eigenvalue weighted by atomic mass is 16.5. The number of aryl methyl sites for hydroxylation is 1. The van der Waals surface area contributed by atoms with Crippen molar-refractivity contribution in [1.29, 1.82) is 0 Å². The number of hydrogen-bond acceptors (Lipinski definition) is 4. The van der Waals surface area contributed by atoms with Gasteiger partial charge in [0.15, 0.2) is 5.96 Å². The number of nitrogens with zero attached hydrogens (tertiary/aromatic N) is 3. The molecule has 0 saturated heterocycles. The van der Waals surface area contributed by atoms with Crippen LogP contribution in [0.1, 0.15) is 19.4 Å². The molecular formula is C22H27N5O2. The van der Waals surface area contributed by atoms with E-state index in [2.05, 4.69) is 27.5 Å². The quantitative estimate of drug-likeness (QED) is 0.449. The average Bonchev–Trinajstić information content (AvgIpc) is 3.15. The van der Waals surface area contributed by atoms with Crippen LogP contribution in [0.15, 0.2) is 59.9 Å². The van der Waals surface area contributed by atoms with Crippen molar-refractivity contribution in [3.05, 3.63) is 60.4 Å². The van der Waals surface area contributed by atoms with Crippen molar-refractivity contribution in [3.8, 4) is 22.6 Å². The van der Waals surface area contributed by atoms with Crippen molar-refractivity contribution >= 4 is 11.6 Å². The number of guanidine groups is 1. The van der Waals surface area contributed by atoms with E-state index in [0.717, 1.165) is 28.1 Å². The Hall–Kier alpha value is -3.48. The molecule has 0 spiro atoms. The molecule has 0 unspecified atom stereocenters. The lowest BCUT2D eigenvalue weighted by Crippen LogP contribution is -2.23. The summed E-state index contributed by atoms with van der Waals surface area (Å²) in [5, 5.41) is 7.35. The molecule has 0 aliphatic rings. The van der Waals surface area contributed by atoms with Crippen molar-refractivity contribution < 1.29 is 9.47 Å². The van der Waals surface area contributed by atoms with Gasteiger partial charge in [-0.3, -0.25) is 4.68 Å². The van der Waals surface area contributed by atoms with Gasteiger partial charge in [0.05, 0.1) is 31.6 Å². The topological polar surface area (TPSA) is 86.7 Å². The maximum absolute atomic E-state index is 6.12. The first-order chi connectivity index (χ1) is 14.1. The van der Waals surface area contributed by atoms with Crippen molar-refractivity contribution in [3.63, 3.8) is 0 Å². The molecule has 0 aliphatic carbocycles. The number of anilines is 1. The van der Waals surface area contributed by atoms with Crippen LogP contribution >= 0.6 is 0 Å². The summed E-state index contributed by atoms with van der Waals surface area (Å²) >= 11 is 0. The van der Waals surface area contributed by atoms with E-state index in [1.54, 1.807) is 4.68 Å². The Morgan fingerprint density at radius 2 is 1.93 bits per heavy atom. The number of benzene rings is 2. The number of aromatic nitrogens is 2. The van der Waals surface area contributed by atoms with E-state index in [0.29, 0.717) is 31.5 Å². The maximum atomic E-state index is 6.12. The Kier molecular flexibility index (Phi) is 6.73. The van der Waals surface area contributed by atoms with Gasteiger partial charge in [0.2, 0.25) is 0 Å². The van der Waals surface area contributed by atoms with Gasteiger partial charge in [-0.2, -0.15) is 5.10 Å². The molecule has 0 saturated carbocycles. The molecule has 1 aromatic heterocycles. The summed E-state index contributed by atoms with van der Waals surface area (Å²) in [6.45, 7) is 5.49. The van der Waals surface area contributed by atoms with Crippen molar-refractivity contribution in [2.24, 2.45) is 17.8 Å². The summed E-state index contributed by atoms with van der Waals surface area (Å²) in [5.74, 6) is 1.76. The summed E-state index contributed by atoms with van der Waals surface area (Å²) in [7, 11) is 1.90. The van der Waals surface area contributed by atoms with E-state index in [-0.39, 0.29) is 0 Å². The molecule has 0 atom stereocenters. The Bertz CT molecular complexity index is 981. The third-order valence-electron chi connectivity index (χ3n) is 4.22. The predicted octanol–water partition coefficient (Wildman–Crippen LogP) is 3.81. The highest BCUT2D eigenvalue weighted by molar-refractivity contribution is 5.94. The number of nitrogens with one attached hydrogen (secondary N) is 1. The fourth-order valence-electron chi connectivity index (χ4n) is 2.92. The fraction of sp³-hybridized carbons (Fsp3) is 0.273. The SMILES string of the molecule is CCOc1ccc(OCC)c(NC(N)=NCc2cccc(-c3cnn(C)c3)c2)c1. The zero-order valence-corrected chi connectivity index (χ0v) is 17.1. The molecule has 3 aromatic rings. The summed E-state index contributed by atoms with van der Waals surface area (Å²) in [4.78, 5) is 4.47. The Morgan fingerprint density at radius 3 is 2.66 bits per heavy atom. The monoisotopic (exact) mass is 393 g/mol. The summed E-state index contributed by atoms with van der Waals surface area (Å²) in [6.07, 6.45) is 3.83. The molecule has 3 rings (SSSR count). The van der Waals surface area contributed by atoms with E-state index < -0.39 is 0 Å². The second-order valence-electron chi connectivity index (χ2n) is 6.45. The molecule has 7 nitrogen and oxygen atoms in total. The Balaban J connectivity index is 1.73. The first-order valence-electron chi connectivity index (χ1n) is 9.63. The van der Waals surface area contributed by atoms with E-state index in [1.807, 2.05) is 63.6 Å². The van der Waals surface area contributed by atoms with Gasteiger partial charge < -0.3 is 20.5 Å². The zero-order chi connectivity index (χ0) is 20.6. The molecule has 0 amide bonds. The molecule has 0 aliphatic heterocycles. The maximum Gasteiger partial charge on any atom is 0.193 e. The molecule has 0 radical (unpaired) electrons. The van der Waals surface area contributed by atoms with Crippen LogP contribution in [0.25, 0.3) is 11.1 Å². The predicted molar refractivity (Wildman–Crippen MR) is 116 cm³/mol. The fourth-order valence-corrected chi connectivity index (χ4v) is 2.92. The van der Waals surface area contributed by atoms with Gasteiger partial charge in [0.25, 0.3) is 0 Å². The molecule has 152 valence electrons. The van der Waals surface area contributed by atoms with Gasteiger partial charge in [0.1, 0.15) is 11.5 Å². The number of hydrogen-bond donors (Lipinski definition) is 2. The van der Waals surface area contributed by atoms with E-state index in [4.69, 9.17) is 15.2 Å². The smallest absolute Gasteiger partial charge is 0.193 e. The van der Waals surface area contributed by atoms with E-state index in [9.17, 15) is 0 Å². The molecule has 7 heteroatoms. The molecule has 0 fully saturated rings. The van der Waals surface area contributed by atoms with Gasteiger partial charge in [0, 0.05) is 24.9 Å². The highest BCUT2D eigenvalue weighted by Gasteiger charge is 2.07. The van der Waals surface area contributed by atoms with Gasteiger partial charge in [-0.1, -0.05) is 18.2 Å². The largest absolute Gasteiger partial charge is 0.494 e. The van der Waals surface area contributed by atoms with Crippen molar-refractivity contribution in [2.75, 3.05) is 18.5 Å². The summed E-state index contributed by atoms with van der Waals surface area (Å²) in [6, 6.07) is 13.8. The summed E-state index contributed by atoms with van der Waals surface area (Å²) in [5.41, 5.74) is 10.1. The Labute approximate surface area is 171 Å². The molecule has 3 N–H and O–H groups in total. The first-order valence-corrected chi connectivity index (χ1v) is 9.63. The highest BCUT2D eigenvalue weighted by Crippen LogP contribution is 2.29. The molecule has 29 heavy (non-hydrogen) atoms. The third-order valence-corrected chi connectivity index (χ3v) is 4.22. The Morgan fingerprint density at radius 1 is 1.10 bits per heavy atom. The first kappa shape index (κ1) is 20.3. The minimum absolute atomic E-state index is 0.311. The number of aliphatic imine (C=N–C) groups is 1. The number of rotatable bonds is 8. The van der Waals surface area contributed by atoms with Gasteiger partial charge >= 0.3 is 0 Å². The van der Waals surface area contributed by atoms with Gasteiger partial charge in [-0.15, -0.1) is 0 Å².